The molecule has 15 rings (SSSR count). The number of aliphatic hydroxyl groups is 17. The van der Waals surface area contributed by atoms with Gasteiger partial charge < -0.3 is 148 Å². The van der Waals surface area contributed by atoms with Gasteiger partial charge in [-0.05, 0) is 58.3 Å². The maximum Gasteiger partial charge on any atom is 0.218 e. The van der Waals surface area contributed by atoms with Gasteiger partial charge in [-0.1, -0.05) is 61.8 Å². The van der Waals surface area contributed by atoms with Crippen molar-refractivity contribution in [2.24, 2.45) is 0 Å². The first-order valence-electron chi connectivity index (χ1n) is 30.9. The van der Waals surface area contributed by atoms with Crippen LogP contribution in [0.5, 0.6) is 0 Å². The summed E-state index contributed by atoms with van der Waals surface area (Å²) in [5.41, 5.74) is 0. The van der Waals surface area contributed by atoms with Gasteiger partial charge in [0.05, 0.1) is 42.7 Å². The van der Waals surface area contributed by atoms with Crippen LogP contribution in [0.2, 0.25) is 0 Å². The molecule has 6 saturated heterocycles. The van der Waals surface area contributed by atoms with E-state index in [1.807, 2.05) is 0 Å². The third-order valence-electron chi connectivity index (χ3n) is 17.5. The zero-order valence-corrected chi connectivity index (χ0v) is 50.9. The van der Waals surface area contributed by atoms with Crippen LogP contribution in [0.1, 0.15) is 120 Å². The van der Waals surface area contributed by atoms with Crippen LogP contribution in [-0.4, -0.2) is 308 Å². The molecule has 6 fully saturated rings. The number of ether oxygens (including phenoxy) is 13. The number of aliphatic hydroxyl groups excluding tert-OH is 17. The van der Waals surface area contributed by atoms with Crippen molar-refractivity contribution in [3.8, 4) is 0 Å². The van der Waals surface area contributed by atoms with E-state index in [0.717, 1.165) is 0 Å². The van der Waals surface area contributed by atoms with E-state index in [2.05, 4.69) is 0 Å². The van der Waals surface area contributed by atoms with Crippen LogP contribution in [0.3, 0.4) is 0 Å². The van der Waals surface area contributed by atoms with Gasteiger partial charge in [0.25, 0.3) is 0 Å². The van der Waals surface area contributed by atoms with Crippen molar-refractivity contribution in [2.45, 2.75) is 341 Å². The van der Waals surface area contributed by atoms with E-state index in [0.29, 0.717) is 0 Å². The number of hydrogen-bond acceptors (Lipinski definition) is 32. The molecule has 36 unspecified atom stereocenters. The Labute approximate surface area is 509 Å². The summed E-state index contributed by atoms with van der Waals surface area (Å²) >= 11 is 0. The second-order valence-electron chi connectivity index (χ2n) is 23.6. The van der Waals surface area contributed by atoms with E-state index in [1.165, 1.54) is 6.92 Å². The largest absolute Gasteiger partial charge is 0.506 e. The molecule has 88 heavy (non-hydrogen) atoms. The highest BCUT2D eigenvalue weighted by molar-refractivity contribution is 5.08. The highest BCUT2D eigenvalue weighted by Crippen LogP contribution is 2.39. The highest BCUT2D eigenvalue weighted by Gasteiger charge is 2.58. The normalized spacial score (nSPS) is 50.8. The van der Waals surface area contributed by atoms with Gasteiger partial charge in [-0.3, -0.25) is 0 Å². The summed E-state index contributed by atoms with van der Waals surface area (Å²) < 4.78 is 78.6. The molecule has 0 aromatic rings. The quantitative estimate of drug-likeness (QED) is 0.0880. The van der Waals surface area contributed by atoms with E-state index >= 15 is 0 Å². The summed E-state index contributed by atoms with van der Waals surface area (Å²) in [5, 5.41) is 195. The average molecular weight is 1280 g/mol. The first-order valence-corrected chi connectivity index (χ1v) is 30.9. The number of hydrogen-bond donors (Lipinski definition) is 17. The SMILES string of the molecule is CCCC1OC2OC(CC)C(OOC(CC)C(C(O)C(C)O)OC3OC(CC)C(OC4OC(CC)C(OC5OC(CC)C(OC6OC(CC)C(OC7OC(CC)C(OC(O)/C(O)=C/1O)C(O)C7O)C(O)C6O)C(O)C5O)C(O)C4O)C(O)C3O)C(O)C2O. The van der Waals surface area contributed by atoms with E-state index in [-0.39, 0.29) is 57.8 Å². The molecular weight excluding hydrogens is 1180 g/mol. The molecule has 0 aromatic carbocycles. The Kier molecular flexibility index (Phi) is 27.2. The second kappa shape index (κ2) is 32.5. The van der Waals surface area contributed by atoms with Crippen LogP contribution in [0.25, 0.3) is 0 Å². The molecule has 15 aliphatic rings. The highest BCUT2D eigenvalue weighted by atomic mass is 17.2. The van der Waals surface area contributed by atoms with Crippen molar-refractivity contribution >= 4 is 0 Å². The van der Waals surface area contributed by atoms with E-state index in [9.17, 15) is 86.8 Å². The Balaban J connectivity index is 1.19. The molecule has 32 nitrogen and oxygen atoms in total. The van der Waals surface area contributed by atoms with Crippen LogP contribution in [0.4, 0.5) is 0 Å². The molecule has 0 amide bonds. The van der Waals surface area contributed by atoms with Gasteiger partial charge in [-0.15, -0.1) is 0 Å². The fourth-order valence-corrected chi connectivity index (χ4v) is 12.2. The third kappa shape index (κ3) is 15.8. The zero-order valence-electron chi connectivity index (χ0n) is 50.9. The van der Waals surface area contributed by atoms with Crippen molar-refractivity contribution in [1.82, 2.24) is 0 Å². The Morgan fingerprint density at radius 3 is 0.875 bits per heavy atom. The number of rotatable bonds is 11. The van der Waals surface area contributed by atoms with Crippen molar-refractivity contribution in [1.29, 1.82) is 0 Å². The lowest BCUT2D eigenvalue weighted by Gasteiger charge is -2.50. The van der Waals surface area contributed by atoms with Gasteiger partial charge in [-0.2, -0.15) is 0 Å². The summed E-state index contributed by atoms with van der Waals surface area (Å²) in [6.07, 6.45) is -59.7. The molecule has 0 spiro atoms. The van der Waals surface area contributed by atoms with Crippen LogP contribution in [0.15, 0.2) is 11.5 Å². The lowest BCUT2D eigenvalue weighted by atomic mass is 9.93. The lowest BCUT2D eigenvalue weighted by Crippen LogP contribution is -2.67. The Bertz CT molecular complexity index is 2110. The molecule has 15 heterocycles. The van der Waals surface area contributed by atoms with Crippen LogP contribution in [0, 0.1) is 0 Å². The smallest absolute Gasteiger partial charge is 0.218 e. The van der Waals surface area contributed by atoms with Gasteiger partial charge in [0, 0.05) is 0 Å². The summed E-state index contributed by atoms with van der Waals surface area (Å²) in [4.78, 5) is 11.5. The van der Waals surface area contributed by atoms with Gasteiger partial charge in [0.1, 0.15) is 134 Å². The van der Waals surface area contributed by atoms with Crippen molar-refractivity contribution in [3.63, 3.8) is 0 Å². The third-order valence-corrected chi connectivity index (χ3v) is 17.5. The van der Waals surface area contributed by atoms with Gasteiger partial charge >= 0.3 is 0 Å². The van der Waals surface area contributed by atoms with E-state index in [1.54, 1.807) is 55.4 Å². The molecular formula is C56H98O32. The predicted octanol–water partition coefficient (Wildman–Crippen LogP) is -3.88. The standard InChI is InChI=1S/C56H98O32/c1-10-18-27-29(59)36(66)50(73)81-43-20(11-2)74-52(37(67)30(43)60)82-44-21(12-3)75-53(38(68)31(44)61)83-45-22(13-4)76-54(39(69)32(45)62)84-46-23(14-5)77-55(40(70)33(46)63)85-47-24(15-6)78-56(41(71)34(47)64)86-48(28(58)19(9)57)26(17-8)87-88-49-25(16-7)79-51(80-27)42(72)35(49)65/h19-28,30-35,37-73H,10-18H2,1-9H3/b36-29+. The van der Waals surface area contributed by atoms with Gasteiger partial charge in [-0.25, -0.2) is 9.78 Å². The maximum absolute atomic E-state index is 11.7. The maximum atomic E-state index is 11.7. The van der Waals surface area contributed by atoms with E-state index in [4.69, 9.17) is 71.4 Å². The molecule has 15 aliphatic heterocycles. The number of fused-ring (bicyclic) bond motifs is 2. The van der Waals surface area contributed by atoms with Crippen molar-refractivity contribution < 1.29 is 158 Å². The Morgan fingerprint density at radius 1 is 0.307 bits per heavy atom. The Morgan fingerprint density at radius 2 is 0.580 bits per heavy atom. The van der Waals surface area contributed by atoms with Crippen LogP contribution in [-0.2, 0) is 71.4 Å². The summed E-state index contributed by atoms with van der Waals surface area (Å²) in [6, 6.07) is 0. The van der Waals surface area contributed by atoms with Crippen LogP contribution < -0.4 is 0 Å². The first kappa shape index (κ1) is 73.5. The van der Waals surface area contributed by atoms with Gasteiger partial charge in [0.2, 0.25) is 6.29 Å². The minimum Gasteiger partial charge on any atom is -0.506 e. The summed E-state index contributed by atoms with van der Waals surface area (Å²) in [6.45, 7) is 14.2. The monoisotopic (exact) mass is 1280 g/mol. The van der Waals surface area contributed by atoms with Crippen molar-refractivity contribution in [2.75, 3.05) is 0 Å². The van der Waals surface area contributed by atoms with E-state index < -0.39 is 233 Å². The molecule has 17 N–H and O–H groups in total. The second-order valence-corrected chi connectivity index (χ2v) is 23.6. The predicted molar refractivity (Wildman–Crippen MR) is 291 cm³/mol. The molecule has 32 heteroatoms. The molecule has 0 radical (unpaired) electrons. The minimum atomic E-state index is -2.44. The molecule has 514 valence electrons. The lowest BCUT2D eigenvalue weighted by molar-refractivity contribution is -0.427. The molecule has 36 atom stereocenters. The topological polar surface area (TPSA) is 482 Å². The fraction of sp³-hybridized carbons (Fsp3) is 0.964. The summed E-state index contributed by atoms with van der Waals surface area (Å²) in [7, 11) is 0. The van der Waals surface area contributed by atoms with Crippen molar-refractivity contribution in [3.05, 3.63) is 11.5 Å². The molecule has 0 aromatic heterocycles. The fourth-order valence-electron chi connectivity index (χ4n) is 12.2. The zero-order chi connectivity index (χ0) is 64.9. The minimum absolute atomic E-state index is 0.00145. The molecule has 0 saturated carbocycles. The molecule has 0 aliphatic carbocycles. The average Bonchev–Trinajstić information content (AvgIpc) is 2.29. The molecule has 12 bridgehead atoms. The summed E-state index contributed by atoms with van der Waals surface area (Å²) in [5.74, 6) is -2.24. The Hall–Kier alpha value is -1.86. The van der Waals surface area contributed by atoms with Gasteiger partial charge in [0.15, 0.2) is 49.3 Å². The van der Waals surface area contributed by atoms with Crippen LogP contribution >= 0.6 is 0 Å². The first-order chi connectivity index (χ1) is 41.7.